The average molecular weight is 294 g/mol. The number of nitrogens with one attached hydrogen (secondary N) is 2. The fraction of sp³-hybridized carbons (Fsp3) is 0.357. The summed E-state index contributed by atoms with van der Waals surface area (Å²) in [6.45, 7) is 2.67. The molecule has 0 atom stereocenters. The fourth-order valence-electron chi connectivity index (χ4n) is 2.11. The highest BCUT2D eigenvalue weighted by atomic mass is 35.5. The van der Waals surface area contributed by atoms with Crippen LogP contribution < -0.4 is 14.8 Å². The van der Waals surface area contributed by atoms with Crippen LogP contribution in [0.3, 0.4) is 0 Å². The molecule has 5 nitrogen and oxygen atoms in total. The molecule has 0 fully saturated rings. The minimum Gasteiger partial charge on any atom is -0.489 e. The highest BCUT2D eigenvalue weighted by Crippen LogP contribution is 2.37. The summed E-state index contributed by atoms with van der Waals surface area (Å²) in [6.07, 6.45) is 4.42. The molecule has 6 heteroatoms. The van der Waals surface area contributed by atoms with Crippen molar-refractivity contribution in [2.24, 2.45) is 0 Å². The number of nitrogens with zero attached hydrogens (tertiary/aromatic N) is 1. The first kappa shape index (κ1) is 13.3. The number of benzene rings is 1. The van der Waals surface area contributed by atoms with E-state index in [0.717, 1.165) is 23.6 Å². The summed E-state index contributed by atoms with van der Waals surface area (Å²) in [5, 5.41) is 3.90. The largest absolute Gasteiger partial charge is 0.489 e. The number of rotatable bonds is 4. The van der Waals surface area contributed by atoms with Gasteiger partial charge in [0.25, 0.3) is 0 Å². The lowest BCUT2D eigenvalue weighted by Crippen LogP contribution is -2.13. The minimum absolute atomic E-state index is 0.596. The van der Waals surface area contributed by atoms with Gasteiger partial charge in [0.05, 0.1) is 24.8 Å². The van der Waals surface area contributed by atoms with Crippen molar-refractivity contribution in [1.29, 1.82) is 0 Å². The molecule has 20 heavy (non-hydrogen) atoms. The van der Waals surface area contributed by atoms with Gasteiger partial charge in [-0.15, -0.1) is 0 Å². The van der Waals surface area contributed by atoms with E-state index >= 15 is 0 Å². The van der Waals surface area contributed by atoms with E-state index in [1.165, 1.54) is 0 Å². The standard InChI is InChI=1S/C14H16ClN3O2/c15-11-6-10(8-16-9-13-17-2-3-18-13)7-12-14(11)20-5-1-4-19-12/h2-3,6-7,16H,1,4-5,8-9H2,(H,17,18). The summed E-state index contributed by atoms with van der Waals surface area (Å²) < 4.78 is 11.3. The lowest BCUT2D eigenvalue weighted by Gasteiger charge is -2.11. The molecule has 0 radical (unpaired) electrons. The molecule has 1 aliphatic rings. The van der Waals surface area contributed by atoms with E-state index in [1.54, 1.807) is 6.20 Å². The summed E-state index contributed by atoms with van der Waals surface area (Å²) >= 11 is 6.25. The Bertz CT molecular complexity index is 572. The first-order valence-corrected chi connectivity index (χ1v) is 6.98. The van der Waals surface area contributed by atoms with Gasteiger partial charge >= 0.3 is 0 Å². The van der Waals surface area contributed by atoms with Crippen LogP contribution in [0.15, 0.2) is 24.5 Å². The van der Waals surface area contributed by atoms with Crippen LogP contribution in [-0.2, 0) is 13.1 Å². The highest BCUT2D eigenvalue weighted by molar-refractivity contribution is 6.32. The van der Waals surface area contributed by atoms with Gasteiger partial charge in [-0.25, -0.2) is 4.98 Å². The maximum Gasteiger partial charge on any atom is 0.179 e. The van der Waals surface area contributed by atoms with Gasteiger partial charge in [-0.2, -0.15) is 0 Å². The Hall–Kier alpha value is -1.72. The number of aromatic nitrogens is 2. The van der Waals surface area contributed by atoms with Crippen LogP contribution in [0.5, 0.6) is 11.5 Å². The maximum absolute atomic E-state index is 6.25. The zero-order chi connectivity index (χ0) is 13.8. The van der Waals surface area contributed by atoms with E-state index in [2.05, 4.69) is 15.3 Å². The Balaban J connectivity index is 1.67. The molecule has 0 spiro atoms. The van der Waals surface area contributed by atoms with Crippen molar-refractivity contribution in [3.63, 3.8) is 0 Å². The molecule has 0 saturated heterocycles. The predicted molar refractivity (Wildman–Crippen MR) is 76.2 cm³/mol. The van der Waals surface area contributed by atoms with E-state index in [-0.39, 0.29) is 0 Å². The molecule has 0 aliphatic carbocycles. The van der Waals surface area contributed by atoms with Crippen LogP contribution in [0.25, 0.3) is 0 Å². The van der Waals surface area contributed by atoms with Crippen LogP contribution in [0.1, 0.15) is 17.8 Å². The van der Waals surface area contributed by atoms with Crippen LogP contribution in [-0.4, -0.2) is 23.2 Å². The lowest BCUT2D eigenvalue weighted by molar-refractivity contribution is 0.297. The molecular weight excluding hydrogens is 278 g/mol. The number of hydrogen-bond acceptors (Lipinski definition) is 4. The molecule has 2 aromatic rings. The SMILES string of the molecule is Clc1cc(CNCc2ncc[nH]2)cc2c1OCCCO2. The number of aromatic amines is 1. The van der Waals surface area contributed by atoms with Gasteiger partial charge < -0.3 is 19.8 Å². The van der Waals surface area contributed by atoms with E-state index < -0.39 is 0 Å². The number of imidazole rings is 1. The molecule has 1 aliphatic heterocycles. The molecule has 0 saturated carbocycles. The topological polar surface area (TPSA) is 59.2 Å². The Labute approximate surface area is 122 Å². The third-order valence-corrected chi connectivity index (χ3v) is 3.32. The summed E-state index contributed by atoms with van der Waals surface area (Å²) in [5.41, 5.74) is 1.06. The van der Waals surface area contributed by atoms with E-state index in [1.807, 2.05) is 18.3 Å². The van der Waals surface area contributed by atoms with Crippen molar-refractivity contribution in [3.8, 4) is 11.5 Å². The monoisotopic (exact) mass is 293 g/mol. The maximum atomic E-state index is 6.25. The zero-order valence-electron chi connectivity index (χ0n) is 11.0. The van der Waals surface area contributed by atoms with Gasteiger partial charge in [0.2, 0.25) is 0 Å². The smallest absolute Gasteiger partial charge is 0.179 e. The lowest BCUT2D eigenvalue weighted by atomic mass is 10.2. The second kappa shape index (κ2) is 6.15. The van der Waals surface area contributed by atoms with Gasteiger partial charge in [-0.05, 0) is 17.7 Å². The molecule has 2 N–H and O–H groups in total. The highest BCUT2D eigenvalue weighted by Gasteiger charge is 2.15. The first-order valence-electron chi connectivity index (χ1n) is 6.60. The number of ether oxygens (including phenoxy) is 2. The molecular formula is C14H16ClN3O2. The second-order valence-electron chi connectivity index (χ2n) is 4.59. The first-order chi connectivity index (χ1) is 9.83. The number of fused-ring (bicyclic) bond motifs is 1. The van der Waals surface area contributed by atoms with Gasteiger partial charge in [0, 0.05) is 25.4 Å². The van der Waals surface area contributed by atoms with Crippen molar-refractivity contribution in [2.45, 2.75) is 19.5 Å². The van der Waals surface area contributed by atoms with Gasteiger partial charge in [-0.1, -0.05) is 11.6 Å². The normalized spacial score (nSPS) is 14.1. The van der Waals surface area contributed by atoms with Crippen molar-refractivity contribution in [2.75, 3.05) is 13.2 Å². The minimum atomic E-state index is 0.596. The van der Waals surface area contributed by atoms with Crippen molar-refractivity contribution >= 4 is 11.6 Å². The molecule has 106 valence electrons. The van der Waals surface area contributed by atoms with Gasteiger partial charge in [0.1, 0.15) is 5.82 Å². The third kappa shape index (κ3) is 3.05. The van der Waals surface area contributed by atoms with Crippen LogP contribution in [0.4, 0.5) is 0 Å². The Morgan fingerprint density at radius 2 is 2.15 bits per heavy atom. The Kier molecular flexibility index (Phi) is 4.08. The molecule has 1 aromatic heterocycles. The van der Waals surface area contributed by atoms with Gasteiger partial charge in [0.15, 0.2) is 11.5 Å². The summed E-state index contributed by atoms with van der Waals surface area (Å²) in [5.74, 6) is 2.29. The van der Waals surface area contributed by atoms with E-state index in [4.69, 9.17) is 21.1 Å². The summed E-state index contributed by atoms with van der Waals surface area (Å²) in [4.78, 5) is 7.21. The quantitative estimate of drug-likeness (QED) is 0.909. The summed E-state index contributed by atoms with van der Waals surface area (Å²) in [7, 11) is 0. The predicted octanol–water partition coefficient (Wildman–Crippen LogP) is 2.51. The second-order valence-corrected chi connectivity index (χ2v) is 5.00. The third-order valence-electron chi connectivity index (χ3n) is 3.04. The fourth-order valence-corrected chi connectivity index (χ4v) is 2.39. The number of H-pyrrole nitrogens is 1. The van der Waals surface area contributed by atoms with Crippen molar-refractivity contribution in [1.82, 2.24) is 15.3 Å². The van der Waals surface area contributed by atoms with Gasteiger partial charge in [-0.3, -0.25) is 0 Å². The van der Waals surface area contributed by atoms with Crippen molar-refractivity contribution in [3.05, 3.63) is 40.9 Å². The molecule has 0 bridgehead atoms. The number of hydrogen-bond donors (Lipinski definition) is 2. The van der Waals surface area contributed by atoms with Crippen molar-refractivity contribution < 1.29 is 9.47 Å². The van der Waals surface area contributed by atoms with Crippen LogP contribution >= 0.6 is 11.6 Å². The Morgan fingerprint density at radius 1 is 1.25 bits per heavy atom. The zero-order valence-corrected chi connectivity index (χ0v) is 11.7. The van der Waals surface area contributed by atoms with Crippen LogP contribution in [0, 0.1) is 0 Å². The van der Waals surface area contributed by atoms with Crippen LogP contribution in [0.2, 0.25) is 5.02 Å². The Morgan fingerprint density at radius 3 is 3.00 bits per heavy atom. The number of halogens is 1. The molecule has 3 rings (SSSR count). The molecule has 0 amide bonds. The van der Waals surface area contributed by atoms with E-state index in [9.17, 15) is 0 Å². The van der Waals surface area contributed by atoms with E-state index in [0.29, 0.717) is 37.1 Å². The summed E-state index contributed by atoms with van der Waals surface area (Å²) in [6, 6.07) is 3.88. The molecule has 0 unspecified atom stereocenters. The average Bonchev–Trinajstić information content (AvgIpc) is 2.83. The molecule has 1 aromatic carbocycles. The molecule has 2 heterocycles.